The minimum absolute atomic E-state index is 0.183. The minimum Gasteiger partial charge on any atom is -0.356 e. The first-order valence-corrected chi connectivity index (χ1v) is 2.96. The van der Waals surface area contributed by atoms with E-state index in [0.717, 1.165) is 12.8 Å². The summed E-state index contributed by atoms with van der Waals surface area (Å²) in [7, 11) is 0. The fourth-order valence-electron chi connectivity index (χ4n) is 0.956. The lowest BCUT2D eigenvalue weighted by molar-refractivity contribution is -0.110. The first-order chi connectivity index (χ1) is 4.36. The summed E-state index contributed by atoms with van der Waals surface area (Å²) in [4.78, 5) is 9.81. The standard InChI is InChI=1S/C6H8N2O/c7-3-5-1-6(2-5)8-4-9/h4-6H,1-2H2,(H,8,9). The van der Waals surface area contributed by atoms with E-state index in [2.05, 4.69) is 11.4 Å². The Morgan fingerprint density at radius 2 is 2.33 bits per heavy atom. The van der Waals surface area contributed by atoms with Crippen LogP contribution in [0, 0.1) is 17.2 Å². The molecule has 1 rings (SSSR count). The molecule has 1 N–H and O–H groups in total. The van der Waals surface area contributed by atoms with Gasteiger partial charge in [-0.3, -0.25) is 4.79 Å². The van der Waals surface area contributed by atoms with Gasteiger partial charge in [0.1, 0.15) is 0 Å². The van der Waals surface area contributed by atoms with Crippen molar-refractivity contribution in [2.75, 3.05) is 0 Å². The van der Waals surface area contributed by atoms with Crippen molar-refractivity contribution in [3.63, 3.8) is 0 Å². The summed E-state index contributed by atoms with van der Waals surface area (Å²) in [5, 5.41) is 10.9. The molecule has 3 nitrogen and oxygen atoms in total. The molecule has 1 saturated carbocycles. The molecule has 0 aromatic rings. The Bertz CT molecular complexity index is 144. The van der Waals surface area contributed by atoms with Gasteiger partial charge in [-0.05, 0) is 12.8 Å². The van der Waals surface area contributed by atoms with Gasteiger partial charge in [-0.2, -0.15) is 5.26 Å². The topological polar surface area (TPSA) is 52.9 Å². The molecule has 1 aliphatic carbocycles. The maximum absolute atomic E-state index is 9.81. The first-order valence-electron chi connectivity index (χ1n) is 2.96. The first kappa shape index (κ1) is 6.09. The second kappa shape index (κ2) is 2.49. The zero-order valence-corrected chi connectivity index (χ0v) is 5.00. The number of carbonyl (C=O) groups is 1. The lowest BCUT2D eigenvalue weighted by Gasteiger charge is -2.29. The summed E-state index contributed by atoms with van der Waals surface area (Å²) in [6.07, 6.45) is 2.35. The van der Waals surface area contributed by atoms with Gasteiger partial charge in [0.15, 0.2) is 0 Å². The summed E-state index contributed by atoms with van der Waals surface area (Å²) in [6.45, 7) is 0. The van der Waals surface area contributed by atoms with E-state index in [0.29, 0.717) is 6.41 Å². The Hall–Kier alpha value is -1.04. The van der Waals surface area contributed by atoms with E-state index in [1.807, 2.05) is 0 Å². The number of rotatable bonds is 2. The van der Waals surface area contributed by atoms with Crippen LogP contribution in [-0.2, 0) is 4.79 Å². The summed E-state index contributed by atoms with van der Waals surface area (Å²) < 4.78 is 0. The van der Waals surface area contributed by atoms with E-state index in [1.54, 1.807) is 0 Å². The van der Waals surface area contributed by atoms with E-state index in [9.17, 15) is 4.79 Å². The maximum atomic E-state index is 9.81. The van der Waals surface area contributed by atoms with Crippen molar-refractivity contribution in [3.05, 3.63) is 0 Å². The Kier molecular flexibility index (Phi) is 1.69. The van der Waals surface area contributed by atoms with Crippen LogP contribution in [0.4, 0.5) is 0 Å². The summed E-state index contributed by atoms with van der Waals surface area (Å²) in [6, 6.07) is 2.40. The van der Waals surface area contributed by atoms with Crippen LogP contribution in [0.5, 0.6) is 0 Å². The highest BCUT2D eigenvalue weighted by Gasteiger charge is 2.27. The predicted molar refractivity (Wildman–Crippen MR) is 31.3 cm³/mol. The molecular weight excluding hydrogens is 116 g/mol. The van der Waals surface area contributed by atoms with Gasteiger partial charge in [-0.15, -0.1) is 0 Å². The second-order valence-electron chi connectivity index (χ2n) is 2.28. The van der Waals surface area contributed by atoms with Crippen molar-refractivity contribution in [1.82, 2.24) is 5.32 Å². The van der Waals surface area contributed by atoms with Gasteiger partial charge in [-0.25, -0.2) is 0 Å². The Morgan fingerprint density at radius 3 is 2.78 bits per heavy atom. The number of hydrogen-bond donors (Lipinski definition) is 1. The highest BCUT2D eigenvalue weighted by atomic mass is 16.1. The fraction of sp³-hybridized carbons (Fsp3) is 0.667. The van der Waals surface area contributed by atoms with E-state index in [1.165, 1.54) is 0 Å². The van der Waals surface area contributed by atoms with Crippen LogP contribution >= 0.6 is 0 Å². The van der Waals surface area contributed by atoms with Crippen molar-refractivity contribution < 1.29 is 4.79 Å². The van der Waals surface area contributed by atoms with Crippen molar-refractivity contribution in [2.45, 2.75) is 18.9 Å². The Labute approximate surface area is 53.7 Å². The largest absolute Gasteiger partial charge is 0.356 e. The summed E-state index contributed by atoms with van der Waals surface area (Å²) in [5.41, 5.74) is 0. The zero-order chi connectivity index (χ0) is 6.69. The van der Waals surface area contributed by atoms with Crippen LogP contribution < -0.4 is 5.32 Å². The molecule has 48 valence electrons. The molecule has 0 unspecified atom stereocenters. The van der Waals surface area contributed by atoms with Crippen LogP contribution in [0.15, 0.2) is 0 Å². The number of nitrogens with zero attached hydrogens (tertiary/aromatic N) is 1. The third-order valence-electron chi connectivity index (χ3n) is 1.62. The molecular formula is C6H8N2O. The number of carbonyl (C=O) groups excluding carboxylic acids is 1. The molecule has 0 spiro atoms. The predicted octanol–water partition coefficient (Wildman–Crippen LogP) is 0.0346. The molecule has 1 amide bonds. The normalized spacial score (nSPS) is 31.9. The van der Waals surface area contributed by atoms with Gasteiger partial charge in [0.05, 0.1) is 12.0 Å². The average Bonchev–Trinajstić information content (AvgIpc) is 1.77. The van der Waals surface area contributed by atoms with Crippen molar-refractivity contribution in [3.8, 4) is 6.07 Å². The van der Waals surface area contributed by atoms with Gasteiger partial charge in [0.25, 0.3) is 0 Å². The Balaban J connectivity index is 2.13. The van der Waals surface area contributed by atoms with Crippen molar-refractivity contribution >= 4 is 6.41 Å². The maximum Gasteiger partial charge on any atom is 0.207 e. The van der Waals surface area contributed by atoms with Gasteiger partial charge in [0, 0.05) is 6.04 Å². The molecule has 1 aliphatic rings. The molecule has 0 atom stereocenters. The van der Waals surface area contributed by atoms with Crippen molar-refractivity contribution in [1.29, 1.82) is 5.26 Å². The molecule has 0 saturated heterocycles. The quantitative estimate of drug-likeness (QED) is 0.528. The van der Waals surface area contributed by atoms with Crippen LogP contribution in [0.3, 0.4) is 0 Å². The average molecular weight is 124 g/mol. The van der Waals surface area contributed by atoms with Crippen LogP contribution in [-0.4, -0.2) is 12.5 Å². The summed E-state index contributed by atoms with van der Waals surface area (Å²) >= 11 is 0. The molecule has 9 heavy (non-hydrogen) atoms. The van der Waals surface area contributed by atoms with Crippen LogP contribution in [0.1, 0.15) is 12.8 Å². The molecule has 0 bridgehead atoms. The Morgan fingerprint density at radius 1 is 1.67 bits per heavy atom. The molecule has 3 heteroatoms. The molecule has 0 radical (unpaired) electrons. The molecule has 0 aromatic carbocycles. The smallest absolute Gasteiger partial charge is 0.207 e. The number of amides is 1. The minimum atomic E-state index is 0.183. The number of hydrogen-bond acceptors (Lipinski definition) is 2. The summed E-state index contributed by atoms with van der Waals surface area (Å²) in [5.74, 6) is 0.183. The van der Waals surface area contributed by atoms with Gasteiger partial charge in [0.2, 0.25) is 6.41 Å². The van der Waals surface area contributed by atoms with E-state index in [-0.39, 0.29) is 12.0 Å². The molecule has 0 aromatic heterocycles. The fourth-order valence-corrected chi connectivity index (χ4v) is 0.956. The monoisotopic (exact) mass is 124 g/mol. The molecule has 0 heterocycles. The highest BCUT2D eigenvalue weighted by molar-refractivity contribution is 5.47. The number of nitriles is 1. The van der Waals surface area contributed by atoms with Gasteiger partial charge < -0.3 is 5.32 Å². The van der Waals surface area contributed by atoms with Crippen LogP contribution in [0.2, 0.25) is 0 Å². The van der Waals surface area contributed by atoms with E-state index in [4.69, 9.17) is 5.26 Å². The second-order valence-corrected chi connectivity index (χ2v) is 2.28. The van der Waals surface area contributed by atoms with E-state index < -0.39 is 0 Å². The highest BCUT2D eigenvalue weighted by Crippen LogP contribution is 2.25. The zero-order valence-electron chi connectivity index (χ0n) is 5.00. The lowest BCUT2D eigenvalue weighted by atomic mass is 9.82. The number of nitrogens with one attached hydrogen (secondary N) is 1. The van der Waals surface area contributed by atoms with Gasteiger partial charge in [-0.1, -0.05) is 0 Å². The lowest BCUT2D eigenvalue weighted by Crippen LogP contribution is -2.39. The van der Waals surface area contributed by atoms with Gasteiger partial charge >= 0.3 is 0 Å². The third-order valence-corrected chi connectivity index (χ3v) is 1.62. The van der Waals surface area contributed by atoms with E-state index >= 15 is 0 Å². The third kappa shape index (κ3) is 1.20. The van der Waals surface area contributed by atoms with Crippen LogP contribution in [0.25, 0.3) is 0 Å². The molecule has 0 aliphatic heterocycles. The SMILES string of the molecule is N#CC1CC(NC=O)C1. The van der Waals surface area contributed by atoms with Crippen molar-refractivity contribution in [2.24, 2.45) is 5.92 Å². The molecule has 1 fully saturated rings.